The number of nitro groups is 1. The summed E-state index contributed by atoms with van der Waals surface area (Å²) >= 11 is 0. The van der Waals surface area contributed by atoms with Crippen LogP contribution in [0.25, 0.3) is 0 Å². The van der Waals surface area contributed by atoms with Gasteiger partial charge in [-0.1, -0.05) is 13.8 Å². The Bertz CT molecular complexity index is 826. The summed E-state index contributed by atoms with van der Waals surface area (Å²) in [6, 6.07) is 3.33. The van der Waals surface area contributed by atoms with Crippen molar-refractivity contribution in [1.82, 2.24) is 9.21 Å². The topological polar surface area (TPSA) is 110 Å². The van der Waals surface area contributed by atoms with Crippen LogP contribution in [0.5, 0.6) is 5.75 Å². The van der Waals surface area contributed by atoms with E-state index in [4.69, 9.17) is 4.74 Å². The molecule has 0 heterocycles. The molecule has 0 saturated carbocycles. The molecule has 0 unspecified atom stereocenters. The molecule has 1 amide bonds. The molecule has 1 rings (SSSR count). The van der Waals surface area contributed by atoms with Gasteiger partial charge in [-0.05, 0) is 46.8 Å². The van der Waals surface area contributed by atoms with Crippen LogP contribution in [0.15, 0.2) is 23.1 Å². The zero-order valence-corrected chi connectivity index (χ0v) is 18.9. The van der Waals surface area contributed by atoms with Gasteiger partial charge in [0.15, 0.2) is 11.9 Å². The predicted molar refractivity (Wildman–Crippen MR) is 110 cm³/mol. The van der Waals surface area contributed by atoms with Crippen LogP contribution in [0.1, 0.15) is 48.5 Å². The van der Waals surface area contributed by atoms with Crippen molar-refractivity contribution < 1.29 is 22.9 Å². The molecule has 0 spiro atoms. The van der Waals surface area contributed by atoms with Crippen LogP contribution in [0, 0.1) is 10.1 Å². The third-order valence-electron chi connectivity index (χ3n) is 4.49. The van der Waals surface area contributed by atoms with Crippen molar-refractivity contribution in [2.75, 3.05) is 13.1 Å². The Kier molecular flexibility index (Phi) is 8.58. The SMILES string of the molecule is CCN(CC)S(=O)(=O)c1ccc(O[C@H](C)C(=O)N(C(C)C)C(C)C)c([N+](=O)[O-])c1. The number of amides is 1. The van der Waals surface area contributed by atoms with Gasteiger partial charge in [-0.2, -0.15) is 4.31 Å². The smallest absolute Gasteiger partial charge is 0.312 e. The van der Waals surface area contributed by atoms with Crippen molar-refractivity contribution in [2.24, 2.45) is 0 Å². The highest BCUT2D eigenvalue weighted by atomic mass is 32.2. The highest BCUT2D eigenvalue weighted by molar-refractivity contribution is 7.89. The number of nitro benzene ring substituents is 1. The van der Waals surface area contributed by atoms with Gasteiger partial charge in [0.1, 0.15) is 0 Å². The van der Waals surface area contributed by atoms with E-state index in [1.165, 1.54) is 23.4 Å². The molecule has 9 nitrogen and oxygen atoms in total. The lowest BCUT2D eigenvalue weighted by Gasteiger charge is -2.33. The van der Waals surface area contributed by atoms with Crippen LogP contribution >= 0.6 is 0 Å². The lowest BCUT2D eigenvalue weighted by atomic mass is 10.2. The molecule has 0 saturated heterocycles. The summed E-state index contributed by atoms with van der Waals surface area (Å²) in [7, 11) is -3.86. The number of hydrogen-bond donors (Lipinski definition) is 0. The van der Waals surface area contributed by atoms with Gasteiger partial charge in [0.2, 0.25) is 10.0 Å². The van der Waals surface area contributed by atoms with E-state index in [9.17, 15) is 23.3 Å². The Hall–Kier alpha value is -2.20. The highest BCUT2D eigenvalue weighted by Crippen LogP contribution is 2.32. The molecular weight excluding hydrogens is 398 g/mol. The first-order chi connectivity index (χ1) is 13.4. The van der Waals surface area contributed by atoms with Crippen LogP contribution in [0.3, 0.4) is 0 Å². The van der Waals surface area contributed by atoms with Crippen molar-refractivity contribution in [1.29, 1.82) is 0 Å². The van der Waals surface area contributed by atoms with Crippen LogP contribution < -0.4 is 4.74 Å². The minimum absolute atomic E-state index is 0.0647. The number of carbonyl (C=O) groups excluding carboxylic acids is 1. The van der Waals surface area contributed by atoms with E-state index < -0.39 is 26.7 Å². The minimum atomic E-state index is -3.86. The van der Waals surface area contributed by atoms with Crippen molar-refractivity contribution in [3.05, 3.63) is 28.3 Å². The van der Waals surface area contributed by atoms with Gasteiger partial charge in [0.25, 0.3) is 5.91 Å². The van der Waals surface area contributed by atoms with Crippen LogP contribution in [-0.4, -0.2) is 59.7 Å². The number of ether oxygens (including phenoxy) is 1. The molecule has 0 radical (unpaired) electrons. The van der Waals surface area contributed by atoms with Crippen molar-refractivity contribution in [3.63, 3.8) is 0 Å². The molecule has 1 aromatic rings. The van der Waals surface area contributed by atoms with Crippen molar-refractivity contribution in [2.45, 2.75) is 71.5 Å². The average Bonchev–Trinajstić information content (AvgIpc) is 2.61. The summed E-state index contributed by atoms with van der Waals surface area (Å²) in [5.41, 5.74) is -0.501. The maximum Gasteiger partial charge on any atom is 0.312 e. The maximum absolute atomic E-state index is 12.7. The fraction of sp³-hybridized carbons (Fsp3) is 0.632. The fourth-order valence-corrected chi connectivity index (χ4v) is 4.65. The zero-order chi connectivity index (χ0) is 22.5. The highest BCUT2D eigenvalue weighted by Gasteiger charge is 2.30. The zero-order valence-electron chi connectivity index (χ0n) is 18.1. The lowest BCUT2D eigenvalue weighted by Crippen LogP contribution is -2.48. The summed E-state index contributed by atoms with van der Waals surface area (Å²) in [5, 5.41) is 11.5. The van der Waals surface area contributed by atoms with Gasteiger partial charge in [-0.3, -0.25) is 14.9 Å². The van der Waals surface area contributed by atoms with Gasteiger partial charge in [0.05, 0.1) is 9.82 Å². The van der Waals surface area contributed by atoms with Crippen molar-refractivity contribution in [3.8, 4) is 5.75 Å². The molecular formula is C19H31N3O6S. The van der Waals surface area contributed by atoms with Gasteiger partial charge in [-0.15, -0.1) is 0 Å². The normalized spacial score (nSPS) is 13.0. The Morgan fingerprint density at radius 2 is 1.62 bits per heavy atom. The second kappa shape index (κ2) is 10.0. The number of rotatable bonds is 10. The molecule has 10 heteroatoms. The van der Waals surface area contributed by atoms with Crippen LogP contribution in [0.2, 0.25) is 0 Å². The predicted octanol–water partition coefficient (Wildman–Crippen LogP) is 3.04. The van der Waals surface area contributed by atoms with E-state index in [1.54, 1.807) is 18.7 Å². The van der Waals surface area contributed by atoms with E-state index >= 15 is 0 Å². The maximum atomic E-state index is 12.7. The molecule has 0 aliphatic rings. The van der Waals surface area contributed by atoms with E-state index in [-0.39, 0.29) is 41.7 Å². The van der Waals surface area contributed by atoms with Gasteiger partial charge in [0, 0.05) is 31.2 Å². The number of nitrogens with zero attached hydrogens (tertiary/aromatic N) is 3. The Balaban J connectivity index is 3.28. The van der Waals surface area contributed by atoms with E-state index in [2.05, 4.69) is 0 Å². The molecule has 1 aromatic carbocycles. The summed E-state index contributed by atoms with van der Waals surface area (Å²) in [4.78, 5) is 25.0. The van der Waals surface area contributed by atoms with Gasteiger partial charge in [-0.25, -0.2) is 8.42 Å². The standard InChI is InChI=1S/C19H31N3O6S/c1-8-20(9-2)29(26,27)16-10-11-18(17(12-16)22(24)25)28-15(7)19(23)21(13(3)4)14(5)6/h10-15H,8-9H2,1-7H3/t15-/m1/s1. The number of benzene rings is 1. The molecule has 0 bridgehead atoms. The molecule has 0 aromatic heterocycles. The summed E-state index contributed by atoms with van der Waals surface area (Å²) in [5.74, 6) is -0.453. The number of sulfonamides is 1. The van der Waals surface area contributed by atoms with Crippen LogP contribution in [-0.2, 0) is 14.8 Å². The monoisotopic (exact) mass is 429 g/mol. The molecule has 0 aliphatic heterocycles. The summed E-state index contributed by atoms with van der Waals surface area (Å²) in [6.07, 6.45) is -0.969. The number of hydrogen-bond acceptors (Lipinski definition) is 6. The first-order valence-electron chi connectivity index (χ1n) is 9.65. The van der Waals surface area contributed by atoms with Gasteiger partial charge >= 0.3 is 5.69 Å². The van der Waals surface area contributed by atoms with E-state index in [1.807, 2.05) is 27.7 Å². The molecule has 29 heavy (non-hydrogen) atoms. The summed E-state index contributed by atoms with van der Waals surface area (Å²) in [6.45, 7) is 12.9. The molecule has 0 aliphatic carbocycles. The molecule has 0 fully saturated rings. The molecule has 1 atom stereocenters. The van der Waals surface area contributed by atoms with Crippen LogP contribution in [0.4, 0.5) is 5.69 Å². The Labute approximate surface area is 172 Å². The third kappa shape index (κ3) is 5.66. The molecule has 0 N–H and O–H groups in total. The second-order valence-electron chi connectivity index (χ2n) is 7.17. The minimum Gasteiger partial charge on any atom is -0.474 e. The van der Waals surface area contributed by atoms with Crippen molar-refractivity contribution >= 4 is 21.6 Å². The average molecular weight is 430 g/mol. The first kappa shape index (κ1) is 24.8. The summed E-state index contributed by atoms with van der Waals surface area (Å²) < 4.78 is 32.1. The largest absolute Gasteiger partial charge is 0.474 e. The van der Waals surface area contributed by atoms with Gasteiger partial charge < -0.3 is 9.64 Å². The molecule has 164 valence electrons. The van der Waals surface area contributed by atoms with E-state index in [0.717, 1.165) is 6.07 Å². The second-order valence-corrected chi connectivity index (χ2v) is 9.11. The van der Waals surface area contributed by atoms with E-state index in [0.29, 0.717) is 0 Å². The Morgan fingerprint density at radius 3 is 2.03 bits per heavy atom. The Morgan fingerprint density at radius 1 is 1.10 bits per heavy atom. The third-order valence-corrected chi connectivity index (χ3v) is 6.53. The quantitative estimate of drug-likeness (QED) is 0.418. The lowest BCUT2D eigenvalue weighted by molar-refractivity contribution is -0.386. The number of carbonyl (C=O) groups is 1. The fourth-order valence-electron chi connectivity index (χ4n) is 3.17. The first-order valence-corrected chi connectivity index (χ1v) is 11.1.